The molecule has 4 heteroatoms. The van der Waals surface area contributed by atoms with Crippen LogP contribution in [0.3, 0.4) is 0 Å². The monoisotopic (exact) mass is 288 g/mol. The van der Waals surface area contributed by atoms with Crippen LogP contribution in [0.2, 0.25) is 0 Å². The van der Waals surface area contributed by atoms with Gasteiger partial charge in [0.2, 0.25) is 0 Å². The Bertz CT molecular complexity index is 600. The third kappa shape index (κ3) is 4.08. The van der Waals surface area contributed by atoms with Crippen LogP contribution < -0.4 is 5.32 Å². The van der Waals surface area contributed by atoms with Gasteiger partial charge in [-0.1, -0.05) is 26.0 Å². The smallest absolute Gasteiger partial charge is 0.287 e. The lowest BCUT2D eigenvalue weighted by atomic mass is 10.2. The molecule has 0 bridgehead atoms. The number of carbonyl (C=O) groups excluding carboxylic acids is 1. The van der Waals surface area contributed by atoms with Crippen molar-refractivity contribution < 1.29 is 9.21 Å². The van der Waals surface area contributed by atoms with E-state index in [1.807, 2.05) is 25.1 Å². The molecule has 0 radical (unpaired) electrons. The largest absolute Gasteiger partial charge is 0.451 e. The van der Waals surface area contributed by atoms with Gasteiger partial charge >= 0.3 is 0 Å². The standard InChI is InChI=1S/C17H24N2O2/c1-4-19(5-2)10-6-9-18-17(20)16-12-14-8-7-13(3)11-15(14)21-16/h7-8,11-12H,4-6,9-10H2,1-3H3,(H,18,20). The molecule has 0 spiro atoms. The van der Waals surface area contributed by atoms with E-state index in [4.69, 9.17) is 4.42 Å². The van der Waals surface area contributed by atoms with E-state index in [-0.39, 0.29) is 5.91 Å². The SMILES string of the molecule is CCN(CC)CCCNC(=O)c1cc2ccc(C)cc2o1. The number of fused-ring (bicyclic) bond motifs is 1. The fourth-order valence-corrected chi connectivity index (χ4v) is 2.38. The van der Waals surface area contributed by atoms with Gasteiger partial charge in [0.25, 0.3) is 5.91 Å². The highest BCUT2D eigenvalue weighted by Crippen LogP contribution is 2.20. The van der Waals surface area contributed by atoms with E-state index in [0.29, 0.717) is 12.3 Å². The van der Waals surface area contributed by atoms with Crippen molar-refractivity contribution in [2.45, 2.75) is 27.2 Å². The summed E-state index contributed by atoms with van der Waals surface area (Å²) in [7, 11) is 0. The van der Waals surface area contributed by atoms with Crippen molar-refractivity contribution in [3.8, 4) is 0 Å². The van der Waals surface area contributed by atoms with Crippen molar-refractivity contribution >= 4 is 16.9 Å². The second-order valence-electron chi connectivity index (χ2n) is 5.29. The molecule has 0 fully saturated rings. The Morgan fingerprint density at radius 1 is 1.24 bits per heavy atom. The number of hydrogen-bond acceptors (Lipinski definition) is 3. The van der Waals surface area contributed by atoms with Gasteiger partial charge in [0.1, 0.15) is 5.58 Å². The molecule has 0 saturated heterocycles. The number of hydrogen-bond donors (Lipinski definition) is 1. The number of benzene rings is 1. The van der Waals surface area contributed by atoms with E-state index in [9.17, 15) is 4.79 Å². The van der Waals surface area contributed by atoms with E-state index in [1.165, 1.54) is 0 Å². The summed E-state index contributed by atoms with van der Waals surface area (Å²) in [5.41, 5.74) is 1.89. The number of aryl methyl sites for hydroxylation is 1. The molecular weight excluding hydrogens is 264 g/mol. The average Bonchev–Trinajstić information content (AvgIpc) is 2.90. The summed E-state index contributed by atoms with van der Waals surface area (Å²) in [5.74, 6) is 0.252. The molecule has 2 rings (SSSR count). The molecule has 21 heavy (non-hydrogen) atoms. The van der Waals surface area contributed by atoms with E-state index in [1.54, 1.807) is 6.07 Å². The zero-order chi connectivity index (χ0) is 15.2. The lowest BCUT2D eigenvalue weighted by molar-refractivity contribution is 0.0926. The van der Waals surface area contributed by atoms with Crippen LogP contribution in [0.25, 0.3) is 11.0 Å². The Balaban J connectivity index is 1.87. The molecule has 0 aliphatic rings. The number of nitrogens with one attached hydrogen (secondary N) is 1. The van der Waals surface area contributed by atoms with Crippen molar-refractivity contribution in [3.63, 3.8) is 0 Å². The molecule has 1 aromatic heterocycles. The molecule has 2 aromatic rings. The zero-order valence-electron chi connectivity index (χ0n) is 13.1. The first-order valence-electron chi connectivity index (χ1n) is 7.64. The average molecular weight is 288 g/mol. The lowest BCUT2D eigenvalue weighted by Crippen LogP contribution is -2.29. The van der Waals surface area contributed by atoms with Crippen molar-refractivity contribution in [2.24, 2.45) is 0 Å². The molecule has 1 amide bonds. The van der Waals surface area contributed by atoms with E-state index < -0.39 is 0 Å². The molecule has 1 heterocycles. The summed E-state index contributed by atoms with van der Waals surface area (Å²) < 4.78 is 5.61. The topological polar surface area (TPSA) is 45.5 Å². The highest BCUT2D eigenvalue weighted by atomic mass is 16.3. The Morgan fingerprint density at radius 2 is 2.00 bits per heavy atom. The molecular formula is C17H24N2O2. The van der Waals surface area contributed by atoms with Crippen LogP contribution in [0.15, 0.2) is 28.7 Å². The summed E-state index contributed by atoms with van der Waals surface area (Å²) in [6.07, 6.45) is 0.951. The maximum atomic E-state index is 12.1. The van der Waals surface area contributed by atoms with Gasteiger partial charge in [-0.3, -0.25) is 4.79 Å². The zero-order valence-corrected chi connectivity index (χ0v) is 13.1. The van der Waals surface area contributed by atoms with Crippen LogP contribution in [0.1, 0.15) is 36.4 Å². The van der Waals surface area contributed by atoms with Crippen LogP contribution >= 0.6 is 0 Å². The van der Waals surface area contributed by atoms with Gasteiger partial charge in [-0.2, -0.15) is 0 Å². The van der Waals surface area contributed by atoms with Gasteiger partial charge in [0.15, 0.2) is 5.76 Å². The van der Waals surface area contributed by atoms with Crippen LogP contribution in [-0.4, -0.2) is 37.0 Å². The minimum atomic E-state index is -0.136. The summed E-state index contributed by atoms with van der Waals surface area (Å²) in [5, 5.41) is 3.89. The highest BCUT2D eigenvalue weighted by molar-refractivity contribution is 5.96. The van der Waals surface area contributed by atoms with Crippen LogP contribution in [0, 0.1) is 6.92 Å². The third-order valence-corrected chi connectivity index (χ3v) is 3.73. The minimum Gasteiger partial charge on any atom is -0.451 e. The molecule has 0 atom stereocenters. The Morgan fingerprint density at radius 3 is 2.71 bits per heavy atom. The summed E-state index contributed by atoms with van der Waals surface area (Å²) in [6.45, 7) is 10.1. The maximum absolute atomic E-state index is 12.1. The minimum absolute atomic E-state index is 0.136. The quantitative estimate of drug-likeness (QED) is 0.796. The second kappa shape index (κ2) is 7.27. The first-order chi connectivity index (χ1) is 10.1. The molecule has 0 saturated carbocycles. The lowest BCUT2D eigenvalue weighted by Gasteiger charge is -2.17. The van der Waals surface area contributed by atoms with Gasteiger partial charge in [0.05, 0.1) is 0 Å². The van der Waals surface area contributed by atoms with Gasteiger partial charge in [0, 0.05) is 11.9 Å². The number of rotatable bonds is 7. The number of amides is 1. The third-order valence-electron chi connectivity index (χ3n) is 3.73. The predicted molar refractivity (Wildman–Crippen MR) is 85.7 cm³/mol. The number of nitrogens with zero attached hydrogens (tertiary/aromatic N) is 1. The fraction of sp³-hybridized carbons (Fsp3) is 0.471. The van der Waals surface area contributed by atoms with Gasteiger partial charge in [-0.25, -0.2) is 0 Å². The van der Waals surface area contributed by atoms with Crippen LogP contribution in [0.4, 0.5) is 0 Å². The number of carbonyl (C=O) groups is 1. The van der Waals surface area contributed by atoms with Gasteiger partial charge in [-0.05, 0) is 50.7 Å². The summed E-state index contributed by atoms with van der Waals surface area (Å²) in [4.78, 5) is 14.4. The normalized spacial score (nSPS) is 11.2. The fourth-order valence-electron chi connectivity index (χ4n) is 2.38. The van der Waals surface area contributed by atoms with Crippen molar-refractivity contribution in [1.82, 2.24) is 10.2 Å². The van der Waals surface area contributed by atoms with Crippen LogP contribution in [-0.2, 0) is 0 Å². The van der Waals surface area contributed by atoms with Gasteiger partial charge in [-0.15, -0.1) is 0 Å². The van der Waals surface area contributed by atoms with Crippen molar-refractivity contribution in [3.05, 3.63) is 35.6 Å². The number of furan rings is 1. The molecule has 1 aromatic carbocycles. The first kappa shape index (κ1) is 15.6. The predicted octanol–water partition coefficient (Wildman–Crippen LogP) is 3.20. The van der Waals surface area contributed by atoms with E-state index in [0.717, 1.165) is 42.6 Å². The van der Waals surface area contributed by atoms with Crippen molar-refractivity contribution in [1.29, 1.82) is 0 Å². The van der Waals surface area contributed by atoms with Crippen molar-refractivity contribution in [2.75, 3.05) is 26.2 Å². The van der Waals surface area contributed by atoms with Crippen LogP contribution in [0.5, 0.6) is 0 Å². The molecule has 0 aliphatic carbocycles. The molecule has 0 aliphatic heterocycles. The Kier molecular flexibility index (Phi) is 5.39. The second-order valence-corrected chi connectivity index (χ2v) is 5.29. The maximum Gasteiger partial charge on any atom is 0.287 e. The summed E-state index contributed by atoms with van der Waals surface area (Å²) in [6, 6.07) is 7.75. The molecule has 4 nitrogen and oxygen atoms in total. The highest BCUT2D eigenvalue weighted by Gasteiger charge is 2.11. The molecule has 0 unspecified atom stereocenters. The molecule has 114 valence electrons. The van der Waals surface area contributed by atoms with E-state index >= 15 is 0 Å². The first-order valence-corrected chi connectivity index (χ1v) is 7.64. The van der Waals surface area contributed by atoms with Gasteiger partial charge < -0.3 is 14.6 Å². The van der Waals surface area contributed by atoms with E-state index in [2.05, 4.69) is 24.1 Å². The Hall–Kier alpha value is -1.81. The molecule has 1 N–H and O–H groups in total. The Labute approximate surface area is 126 Å². The summed E-state index contributed by atoms with van der Waals surface area (Å²) >= 11 is 0.